The summed E-state index contributed by atoms with van der Waals surface area (Å²) in [5.41, 5.74) is 25.7. The average molecular weight is 1520 g/mol. The van der Waals surface area contributed by atoms with Gasteiger partial charge >= 0.3 is 0 Å². The molecule has 572 valence electrons. The van der Waals surface area contributed by atoms with Crippen molar-refractivity contribution >= 4 is 113 Å². The highest BCUT2D eigenvalue weighted by molar-refractivity contribution is 7.00. The molecule has 15 aromatic carbocycles. The van der Waals surface area contributed by atoms with Crippen LogP contribution in [0.15, 0.2) is 340 Å². The first-order valence-corrected chi connectivity index (χ1v) is 40.9. The predicted molar refractivity (Wildman–Crippen MR) is 500 cm³/mol. The zero-order valence-corrected chi connectivity index (χ0v) is 69.2. The summed E-state index contributed by atoms with van der Waals surface area (Å²) in [4.78, 5) is 9.59. The molecule has 2 aliphatic heterocycles. The highest BCUT2D eigenvalue weighted by atomic mass is 15.2. The maximum atomic E-state index is 11.1. The summed E-state index contributed by atoms with van der Waals surface area (Å²) in [7, 11) is 0. The van der Waals surface area contributed by atoms with Crippen LogP contribution in [0.25, 0.3) is 72.0 Å². The third kappa shape index (κ3) is 13.8. The second-order valence-electron chi connectivity index (χ2n) is 35.9. The van der Waals surface area contributed by atoms with Crippen molar-refractivity contribution < 1.29 is 8.22 Å². The molecule has 117 heavy (non-hydrogen) atoms. The van der Waals surface area contributed by atoms with Gasteiger partial charge in [-0.25, -0.2) is 0 Å². The number of nitrogens with zero attached hydrogens (tertiary/aromatic N) is 6. The van der Waals surface area contributed by atoms with Gasteiger partial charge in [0, 0.05) is 78.8 Å². The van der Waals surface area contributed by atoms with E-state index in [0.29, 0.717) is 5.69 Å². The largest absolute Gasteiger partial charge is 0.311 e. The molecule has 6 nitrogen and oxygen atoms in total. The molecule has 0 spiro atoms. The van der Waals surface area contributed by atoms with E-state index < -0.39 is 18.2 Å². The number of hydrogen-bond acceptors (Lipinski definition) is 5. The number of fused-ring (bicyclic) bond motifs is 7. The maximum absolute atomic E-state index is 11.1. The number of nitriles is 1. The van der Waals surface area contributed by atoms with E-state index in [9.17, 15) is 13.5 Å². The third-order valence-corrected chi connectivity index (χ3v) is 23.6. The van der Waals surface area contributed by atoms with Crippen LogP contribution in [-0.2, 0) is 21.7 Å². The minimum atomic E-state index is -0.847. The average Bonchev–Trinajstić information content (AvgIpc) is 1.67. The summed E-state index contributed by atoms with van der Waals surface area (Å²) in [6.07, 6.45) is 0. The van der Waals surface area contributed by atoms with Gasteiger partial charge in [-0.3, -0.25) is 0 Å². The van der Waals surface area contributed by atoms with E-state index in [2.05, 4.69) is 393 Å². The fourth-order valence-electron chi connectivity index (χ4n) is 17.2. The molecule has 0 saturated carbocycles. The Morgan fingerprint density at radius 2 is 0.692 bits per heavy atom. The smallest absolute Gasteiger partial charge is 0.252 e. The molecule has 0 N–H and O–H groups in total. The van der Waals surface area contributed by atoms with Crippen molar-refractivity contribution in [3.8, 4) is 56.3 Å². The van der Waals surface area contributed by atoms with Crippen molar-refractivity contribution in [2.75, 3.05) is 19.6 Å². The Morgan fingerprint density at radius 1 is 0.333 bits per heavy atom. The van der Waals surface area contributed by atoms with Crippen molar-refractivity contribution in [1.29, 1.82) is 5.26 Å². The molecule has 0 atom stereocenters. The predicted octanol–water partition coefficient (Wildman–Crippen LogP) is 28.7. The standard InChI is InChI=1S/C110H99BN6/c1-72(2)74-36-47-85(48-37-74)113(86-49-40-81(41-50-86)107(3,4)5)89-55-57-96-102(67-89)116(98-60-38-79(75-27-19-15-20-28-75)64-92(98)77-31-23-17-24-32-77)104-69-91(115-100-59-35-73(71-112)63-94(100)95-66-84(110(12,13)14)46-62-101(95)115)70-105-106(104)111(96)97-58-56-90(114(87-51-42-82(43-52-87)108(6,7)8)88-53-44-83(45-54-88)109(9,10)11)68-103(97)117(105)99-61-39-80(76-29-21-16-22-30-76)65-93(99)78-33-25-18-26-34-78/h15-70,72H,1-14H3/i35D,46D,59D,62D,63D,66D. The van der Waals surface area contributed by atoms with Gasteiger partial charge in [0.1, 0.15) is 0 Å². The van der Waals surface area contributed by atoms with Gasteiger partial charge in [0.15, 0.2) is 0 Å². The Labute approximate surface area is 700 Å². The van der Waals surface area contributed by atoms with Gasteiger partial charge in [0.25, 0.3) is 6.71 Å². The van der Waals surface area contributed by atoms with Gasteiger partial charge in [-0.05, 0) is 245 Å². The Bertz CT molecular complexity index is 6670. The molecule has 0 radical (unpaired) electrons. The van der Waals surface area contributed by atoms with Crippen LogP contribution in [0, 0.1) is 11.3 Å². The summed E-state index contributed by atoms with van der Waals surface area (Å²) in [5, 5.41) is 11.3. The molecule has 0 fully saturated rings. The second kappa shape index (κ2) is 29.3. The number of aromatic nitrogens is 1. The number of hydrogen-bond donors (Lipinski definition) is 0. The molecule has 0 saturated heterocycles. The summed E-state index contributed by atoms with van der Waals surface area (Å²) in [6.45, 7) is 29.9. The first-order valence-electron chi connectivity index (χ1n) is 43.9. The normalized spacial score (nSPS) is 13.4. The van der Waals surface area contributed by atoms with Crippen LogP contribution in [0.3, 0.4) is 0 Å². The number of anilines is 12. The lowest BCUT2D eigenvalue weighted by molar-refractivity contribution is 0.590. The fourth-order valence-corrected chi connectivity index (χ4v) is 17.2. The molecule has 0 bridgehead atoms. The molecule has 16 aromatic rings. The van der Waals surface area contributed by atoms with Crippen molar-refractivity contribution in [3.63, 3.8) is 0 Å². The van der Waals surface area contributed by atoms with Crippen LogP contribution < -0.4 is 36.0 Å². The Morgan fingerprint density at radius 3 is 1.07 bits per heavy atom. The molecular weight excluding hydrogens is 1420 g/mol. The van der Waals surface area contributed by atoms with Gasteiger partial charge in [0.2, 0.25) is 0 Å². The van der Waals surface area contributed by atoms with E-state index >= 15 is 0 Å². The zero-order valence-electron chi connectivity index (χ0n) is 75.2. The van der Waals surface area contributed by atoms with Crippen LogP contribution >= 0.6 is 0 Å². The summed E-state index contributed by atoms with van der Waals surface area (Å²) >= 11 is 0. The highest BCUT2D eigenvalue weighted by Crippen LogP contribution is 2.54. The number of rotatable bonds is 14. The third-order valence-electron chi connectivity index (χ3n) is 23.6. The monoisotopic (exact) mass is 1520 g/mol. The maximum Gasteiger partial charge on any atom is 0.252 e. The van der Waals surface area contributed by atoms with Gasteiger partial charge in [-0.2, -0.15) is 5.26 Å². The van der Waals surface area contributed by atoms with Crippen molar-refractivity contribution in [3.05, 3.63) is 373 Å². The van der Waals surface area contributed by atoms with Crippen LogP contribution in [0.4, 0.5) is 68.2 Å². The van der Waals surface area contributed by atoms with Gasteiger partial charge in [-0.15, -0.1) is 0 Å². The molecule has 2 aliphatic rings. The molecular formula is C110H99BN6. The lowest BCUT2D eigenvalue weighted by atomic mass is 9.33. The molecule has 0 unspecified atom stereocenters. The first kappa shape index (κ1) is 68.3. The second-order valence-corrected chi connectivity index (χ2v) is 35.9. The highest BCUT2D eigenvalue weighted by Gasteiger charge is 2.46. The van der Waals surface area contributed by atoms with E-state index in [1.165, 1.54) is 22.3 Å². The first-order chi connectivity index (χ1) is 58.9. The van der Waals surface area contributed by atoms with E-state index in [-0.39, 0.29) is 85.3 Å². The Balaban J connectivity index is 1.04. The lowest BCUT2D eigenvalue weighted by Gasteiger charge is -2.46. The SMILES string of the molecule is [2H]c1c(C#N)c([2H])c2c3c([2H])c(C(C)(C)C)c([2H])c([2H])c3n(-c3cc4c5c(c3)N(c3ccc(-c6ccccc6)cc3-c3ccccc3)c3cc(N(c6ccc(C(C)(C)C)cc6)c6ccc(C(C)(C)C)cc6)ccc3B5c3ccc(N(c5ccc(C(C)C)cc5)c5ccc(C(C)(C)C)cc5)cc3N4c3ccc(-c4ccccc4)cc3-c3ccccc3)c2c1[2H]. The summed E-state index contributed by atoms with van der Waals surface area (Å²) in [6, 6.07) is 110. The fraction of sp³-hybridized carbons (Fsp3) is 0.173. The van der Waals surface area contributed by atoms with Crippen LogP contribution in [0.5, 0.6) is 0 Å². The van der Waals surface area contributed by atoms with E-state index in [1.54, 1.807) is 4.57 Å². The van der Waals surface area contributed by atoms with Crippen LogP contribution in [0.2, 0.25) is 0 Å². The van der Waals surface area contributed by atoms with Gasteiger partial charge in [0.05, 0.1) is 48.0 Å². The van der Waals surface area contributed by atoms with E-state index in [4.69, 9.17) is 0 Å². The van der Waals surface area contributed by atoms with Gasteiger partial charge < -0.3 is 24.2 Å². The van der Waals surface area contributed by atoms with Crippen LogP contribution in [0.1, 0.15) is 144 Å². The lowest BCUT2D eigenvalue weighted by Crippen LogP contribution is -2.61. The minimum Gasteiger partial charge on any atom is -0.311 e. The van der Waals surface area contributed by atoms with E-state index in [0.717, 1.165) is 129 Å². The quantitative estimate of drug-likeness (QED) is 0.102. The molecule has 0 amide bonds. The van der Waals surface area contributed by atoms with Crippen molar-refractivity contribution in [1.82, 2.24) is 4.57 Å². The molecule has 7 heteroatoms. The molecule has 0 aliphatic carbocycles. The zero-order chi connectivity index (χ0) is 86.2. The summed E-state index contributed by atoms with van der Waals surface area (Å²) in [5.74, 6) is 0.287. The van der Waals surface area contributed by atoms with Crippen molar-refractivity contribution in [2.24, 2.45) is 0 Å². The number of benzene rings is 15. The summed E-state index contributed by atoms with van der Waals surface area (Å²) < 4.78 is 63.6. The topological polar surface area (TPSA) is 41.7 Å². The van der Waals surface area contributed by atoms with Crippen molar-refractivity contribution in [2.45, 2.75) is 125 Å². The molecule has 3 heterocycles. The molecule has 18 rings (SSSR count). The van der Waals surface area contributed by atoms with Crippen LogP contribution in [-0.4, -0.2) is 11.3 Å². The minimum absolute atomic E-state index is 0.0711. The Kier molecular flexibility index (Phi) is 17.1. The Hall–Kier alpha value is -13.1. The van der Waals surface area contributed by atoms with Gasteiger partial charge in [-0.1, -0.05) is 297 Å². The van der Waals surface area contributed by atoms with E-state index in [1.807, 2.05) is 32.9 Å². The molecule has 1 aromatic heterocycles.